The maximum absolute atomic E-state index is 12.6. The van der Waals surface area contributed by atoms with Crippen LogP contribution in [0.4, 0.5) is 18.9 Å². The molecule has 0 aliphatic carbocycles. The number of carboxylic acids is 1. The molecule has 0 heterocycles. The highest BCUT2D eigenvalue weighted by Crippen LogP contribution is 2.41. The number of benzene rings is 2. The largest absolute Gasteiger partial charge is 0.493 e. The molecule has 0 fully saturated rings. The first-order valence-corrected chi connectivity index (χ1v) is 8.46. The molecule has 0 aromatic heterocycles. The maximum atomic E-state index is 12.6. The third-order valence-corrected chi connectivity index (χ3v) is 4.00. The first kappa shape index (κ1) is 23.3. The zero-order chi connectivity index (χ0) is 23.3. The number of alkyl halides is 3. The van der Waals surface area contributed by atoms with Crippen molar-refractivity contribution in [1.29, 1.82) is 5.41 Å². The lowest BCUT2D eigenvalue weighted by atomic mass is 10.0. The number of nitrogens with two attached hydrogens (primary N) is 1. The van der Waals surface area contributed by atoms with Gasteiger partial charge in [-0.1, -0.05) is 0 Å². The number of esters is 1. The van der Waals surface area contributed by atoms with Crippen molar-refractivity contribution in [3.05, 3.63) is 47.5 Å². The third kappa shape index (κ3) is 5.56. The molecule has 0 aliphatic rings. The minimum absolute atomic E-state index is 0.0450. The molecule has 0 amide bonds. The molecule has 166 valence electrons. The van der Waals surface area contributed by atoms with Gasteiger partial charge in [0.15, 0.2) is 17.5 Å². The number of hydrogen-bond acceptors (Lipinski definition) is 7. The molecule has 0 bridgehead atoms. The second-order valence-electron chi connectivity index (χ2n) is 6.05. The van der Waals surface area contributed by atoms with Crippen LogP contribution in [0.5, 0.6) is 17.2 Å². The van der Waals surface area contributed by atoms with Crippen LogP contribution in [0.3, 0.4) is 0 Å². The summed E-state index contributed by atoms with van der Waals surface area (Å²) < 4.78 is 52.0. The normalized spacial score (nSPS) is 11.9. The van der Waals surface area contributed by atoms with E-state index in [1.165, 1.54) is 24.3 Å². The highest BCUT2D eigenvalue weighted by molar-refractivity contribution is 5.95. The molecular formula is C19H18F3N3O6. The van der Waals surface area contributed by atoms with Crippen LogP contribution in [0.2, 0.25) is 0 Å². The Morgan fingerprint density at radius 1 is 1.10 bits per heavy atom. The van der Waals surface area contributed by atoms with Crippen LogP contribution < -0.4 is 25.3 Å². The van der Waals surface area contributed by atoms with Gasteiger partial charge in [-0.15, -0.1) is 0 Å². The maximum Gasteiger partial charge on any atom is 0.491 e. The Hall–Kier alpha value is -3.96. The number of carbonyl (C=O) groups is 2. The summed E-state index contributed by atoms with van der Waals surface area (Å²) in [6, 6.07) is 6.85. The predicted octanol–water partition coefficient (Wildman–Crippen LogP) is 2.69. The number of amidine groups is 1. The number of nitrogens with one attached hydrogen (secondary N) is 2. The van der Waals surface area contributed by atoms with Crippen molar-refractivity contribution in [3.8, 4) is 17.2 Å². The van der Waals surface area contributed by atoms with Gasteiger partial charge < -0.3 is 30.4 Å². The molecule has 2 aromatic carbocycles. The Balaban J connectivity index is 2.44. The first-order valence-electron chi connectivity index (χ1n) is 8.46. The lowest BCUT2D eigenvalue weighted by molar-refractivity contribution is -0.189. The molecule has 0 aliphatic heterocycles. The quantitative estimate of drug-likeness (QED) is 0.212. The van der Waals surface area contributed by atoms with Gasteiger partial charge in [0.2, 0.25) is 5.75 Å². The van der Waals surface area contributed by atoms with Crippen molar-refractivity contribution in [2.45, 2.75) is 12.2 Å². The zero-order valence-corrected chi connectivity index (χ0v) is 16.2. The monoisotopic (exact) mass is 441 g/mol. The number of nitrogen functional groups attached to an aromatic ring is 1. The summed E-state index contributed by atoms with van der Waals surface area (Å²) in [5, 5.41) is 19.8. The van der Waals surface area contributed by atoms with E-state index in [4.69, 9.17) is 20.6 Å². The molecule has 31 heavy (non-hydrogen) atoms. The Bertz CT molecular complexity index is 967. The number of anilines is 1. The topological polar surface area (TPSA) is 144 Å². The smallest absolute Gasteiger partial charge is 0.491 e. The fraction of sp³-hybridized carbons (Fsp3) is 0.211. The van der Waals surface area contributed by atoms with E-state index in [-0.39, 0.29) is 22.9 Å². The standard InChI is InChI=1S/C19H18F3N3O6/c1-29-12-7-10(8-13(30-2)15(12)31-18(28)19(20,21)22)14(17(26)27)25-11-5-3-9(4-6-11)16(23)24/h3-8,14,25H,1-2H3,(H3,23,24)(H,26,27). The predicted molar refractivity (Wildman–Crippen MR) is 103 cm³/mol. The Labute approximate surface area is 174 Å². The molecule has 1 unspecified atom stereocenters. The van der Waals surface area contributed by atoms with Crippen LogP contribution in [0, 0.1) is 5.41 Å². The van der Waals surface area contributed by atoms with Crippen LogP contribution in [-0.4, -0.2) is 43.3 Å². The molecule has 0 saturated carbocycles. The number of hydrogen-bond donors (Lipinski definition) is 4. The van der Waals surface area contributed by atoms with Crippen LogP contribution in [0.25, 0.3) is 0 Å². The van der Waals surface area contributed by atoms with Crippen LogP contribution in [0.15, 0.2) is 36.4 Å². The number of rotatable bonds is 8. The SMILES string of the molecule is COc1cc(C(Nc2ccc(C(=N)N)cc2)C(=O)O)cc(OC)c1OC(=O)C(F)(F)F. The fourth-order valence-corrected chi connectivity index (χ4v) is 2.52. The first-order chi connectivity index (χ1) is 14.5. The average Bonchev–Trinajstić information content (AvgIpc) is 2.71. The summed E-state index contributed by atoms with van der Waals surface area (Å²) >= 11 is 0. The Morgan fingerprint density at radius 3 is 2.00 bits per heavy atom. The minimum atomic E-state index is -5.26. The van der Waals surface area contributed by atoms with Gasteiger partial charge in [0.25, 0.3) is 0 Å². The van der Waals surface area contributed by atoms with E-state index in [0.29, 0.717) is 11.3 Å². The van der Waals surface area contributed by atoms with Gasteiger partial charge >= 0.3 is 18.1 Å². The number of carboxylic acid groups (broad SMARTS) is 1. The second-order valence-corrected chi connectivity index (χ2v) is 6.05. The van der Waals surface area contributed by atoms with E-state index in [9.17, 15) is 27.9 Å². The summed E-state index contributed by atoms with van der Waals surface area (Å²) in [5.41, 5.74) is 6.21. The van der Waals surface area contributed by atoms with Gasteiger partial charge in [0.05, 0.1) is 14.2 Å². The van der Waals surface area contributed by atoms with Gasteiger partial charge in [-0.2, -0.15) is 13.2 Å². The second kappa shape index (κ2) is 9.24. The van der Waals surface area contributed by atoms with Crippen LogP contribution in [-0.2, 0) is 9.59 Å². The van der Waals surface area contributed by atoms with Gasteiger partial charge in [-0.25, -0.2) is 9.59 Å². The van der Waals surface area contributed by atoms with Crippen molar-refractivity contribution in [2.75, 3.05) is 19.5 Å². The lowest BCUT2D eigenvalue weighted by Crippen LogP contribution is -2.28. The van der Waals surface area contributed by atoms with Crippen molar-refractivity contribution in [1.82, 2.24) is 0 Å². The molecule has 0 spiro atoms. The number of halogens is 3. The molecule has 9 nitrogen and oxygen atoms in total. The number of ether oxygens (including phenoxy) is 3. The molecule has 2 aromatic rings. The van der Waals surface area contributed by atoms with E-state index < -0.39 is 29.9 Å². The third-order valence-electron chi connectivity index (χ3n) is 4.00. The van der Waals surface area contributed by atoms with Gasteiger partial charge in [0, 0.05) is 11.3 Å². The van der Waals surface area contributed by atoms with Crippen molar-refractivity contribution in [2.24, 2.45) is 5.73 Å². The van der Waals surface area contributed by atoms with E-state index in [1.54, 1.807) is 0 Å². The summed E-state index contributed by atoms with van der Waals surface area (Å²) in [6.07, 6.45) is -5.26. The number of carbonyl (C=O) groups excluding carboxylic acids is 1. The lowest BCUT2D eigenvalue weighted by Gasteiger charge is -2.20. The van der Waals surface area contributed by atoms with E-state index in [1.807, 2.05) is 0 Å². The highest BCUT2D eigenvalue weighted by Gasteiger charge is 2.42. The molecule has 0 radical (unpaired) electrons. The molecule has 1 atom stereocenters. The zero-order valence-electron chi connectivity index (χ0n) is 16.2. The number of aliphatic carboxylic acids is 1. The van der Waals surface area contributed by atoms with Crippen molar-refractivity contribution < 1.29 is 42.1 Å². The summed E-state index contributed by atoms with van der Waals surface area (Å²) in [5.74, 6) is -5.31. The molecule has 2 rings (SSSR count). The van der Waals surface area contributed by atoms with Gasteiger partial charge in [0.1, 0.15) is 5.84 Å². The van der Waals surface area contributed by atoms with Gasteiger partial charge in [-0.3, -0.25) is 5.41 Å². The summed E-state index contributed by atoms with van der Waals surface area (Å²) in [4.78, 5) is 23.1. The average molecular weight is 441 g/mol. The van der Waals surface area contributed by atoms with Crippen LogP contribution in [0.1, 0.15) is 17.2 Å². The molecule has 0 saturated heterocycles. The number of methoxy groups -OCH3 is 2. The fourth-order valence-electron chi connectivity index (χ4n) is 2.52. The van der Waals surface area contributed by atoms with E-state index in [0.717, 1.165) is 26.4 Å². The van der Waals surface area contributed by atoms with Crippen molar-refractivity contribution >= 4 is 23.5 Å². The summed E-state index contributed by atoms with van der Waals surface area (Å²) in [7, 11) is 2.21. The Morgan fingerprint density at radius 2 is 1.61 bits per heavy atom. The van der Waals surface area contributed by atoms with Gasteiger partial charge in [-0.05, 0) is 42.0 Å². The van der Waals surface area contributed by atoms with Crippen molar-refractivity contribution in [3.63, 3.8) is 0 Å². The van der Waals surface area contributed by atoms with E-state index in [2.05, 4.69) is 10.1 Å². The Kier molecular flexibility index (Phi) is 6.95. The highest BCUT2D eigenvalue weighted by atomic mass is 19.4. The molecular weight excluding hydrogens is 423 g/mol. The minimum Gasteiger partial charge on any atom is -0.493 e. The summed E-state index contributed by atoms with van der Waals surface area (Å²) in [6.45, 7) is 0. The van der Waals surface area contributed by atoms with E-state index >= 15 is 0 Å². The molecule has 12 heteroatoms. The van der Waals surface area contributed by atoms with Crippen LogP contribution >= 0.6 is 0 Å². The molecule has 5 N–H and O–H groups in total.